The Balaban J connectivity index is 1.85. The summed E-state index contributed by atoms with van der Waals surface area (Å²) in [5.41, 5.74) is 0. The van der Waals surface area contributed by atoms with E-state index in [1.807, 2.05) is 0 Å². The van der Waals surface area contributed by atoms with Crippen LogP contribution in [0.1, 0.15) is 64.2 Å². The zero-order valence-corrected chi connectivity index (χ0v) is 10.5. The Hall–Kier alpha value is -0.0800. The number of hydrogen-bond acceptors (Lipinski definition) is 2. The largest absolute Gasteiger partial charge is 0.396 e. The molecule has 0 bridgehead atoms. The normalized spacial score (nSPS) is 29.4. The van der Waals surface area contributed by atoms with Crippen LogP contribution >= 0.6 is 0 Å². The molecule has 16 heavy (non-hydrogen) atoms. The zero-order chi connectivity index (χ0) is 11.2. The summed E-state index contributed by atoms with van der Waals surface area (Å²) >= 11 is 0. The molecule has 1 aliphatic carbocycles. The lowest BCUT2D eigenvalue weighted by molar-refractivity contribution is 0.148. The van der Waals surface area contributed by atoms with Crippen LogP contribution in [0, 0.1) is 0 Å². The van der Waals surface area contributed by atoms with Gasteiger partial charge in [0.2, 0.25) is 0 Å². The van der Waals surface area contributed by atoms with Gasteiger partial charge < -0.3 is 5.11 Å². The van der Waals surface area contributed by atoms with Gasteiger partial charge in [0.25, 0.3) is 0 Å². The van der Waals surface area contributed by atoms with Crippen molar-refractivity contribution >= 4 is 0 Å². The first kappa shape index (κ1) is 12.4. The summed E-state index contributed by atoms with van der Waals surface area (Å²) in [6.45, 7) is 1.69. The van der Waals surface area contributed by atoms with Gasteiger partial charge >= 0.3 is 0 Å². The van der Waals surface area contributed by atoms with Crippen molar-refractivity contribution in [2.45, 2.75) is 76.3 Å². The predicted octanol–water partition coefficient (Wildman–Crippen LogP) is 2.95. The first-order valence-corrected chi connectivity index (χ1v) is 7.28. The van der Waals surface area contributed by atoms with Gasteiger partial charge in [-0.25, -0.2) is 0 Å². The third kappa shape index (κ3) is 3.21. The number of likely N-dealkylation sites (tertiary alicyclic amines) is 1. The SMILES string of the molecule is OCCCC1CCCN1C1CCCCCC1. The molecule has 0 spiro atoms. The highest BCUT2D eigenvalue weighted by Gasteiger charge is 2.30. The summed E-state index contributed by atoms with van der Waals surface area (Å²) in [7, 11) is 0. The van der Waals surface area contributed by atoms with Crippen LogP contribution in [-0.4, -0.2) is 35.2 Å². The molecule has 1 saturated carbocycles. The minimum Gasteiger partial charge on any atom is -0.396 e. The van der Waals surface area contributed by atoms with Crippen molar-refractivity contribution in [1.82, 2.24) is 4.90 Å². The van der Waals surface area contributed by atoms with E-state index < -0.39 is 0 Å². The Morgan fingerprint density at radius 1 is 0.938 bits per heavy atom. The van der Waals surface area contributed by atoms with E-state index in [0.717, 1.165) is 18.5 Å². The van der Waals surface area contributed by atoms with Crippen molar-refractivity contribution in [3.63, 3.8) is 0 Å². The molecule has 1 N–H and O–H groups in total. The molecular weight excluding hydrogens is 198 g/mol. The maximum absolute atomic E-state index is 8.95. The summed E-state index contributed by atoms with van der Waals surface area (Å²) in [5, 5.41) is 8.95. The number of hydrogen-bond donors (Lipinski definition) is 1. The minimum absolute atomic E-state index is 0.370. The molecule has 0 aromatic heterocycles. The van der Waals surface area contributed by atoms with Crippen molar-refractivity contribution < 1.29 is 5.11 Å². The predicted molar refractivity (Wildman–Crippen MR) is 67.5 cm³/mol. The summed E-state index contributed by atoms with van der Waals surface area (Å²) in [5.74, 6) is 0. The van der Waals surface area contributed by atoms with E-state index in [-0.39, 0.29) is 0 Å². The topological polar surface area (TPSA) is 23.5 Å². The second kappa shape index (κ2) is 6.61. The average Bonchev–Trinajstić information content (AvgIpc) is 2.60. The second-order valence-electron chi connectivity index (χ2n) is 5.55. The number of nitrogens with zero attached hydrogens (tertiary/aromatic N) is 1. The van der Waals surface area contributed by atoms with E-state index in [4.69, 9.17) is 5.11 Å². The smallest absolute Gasteiger partial charge is 0.0431 e. The van der Waals surface area contributed by atoms with Gasteiger partial charge in [0.15, 0.2) is 0 Å². The fourth-order valence-electron chi connectivity index (χ4n) is 3.57. The molecule has 2 nitrogen and oxygen atoms in total. The minimum atomic E-state index is 0.370. The van der Waals surface area contributed by atoms with E-state index in [0.29, 0.717) is 6.61 Å². The molecule has 0 radical (unpaired) electrons. The van der Waals surface area contributed by atoms with Crippen LogP contribution in [-0.2, 0) is 0 Å². The molecule has 0 aromatic rings. The van der Waals surface area contributed by atoms with Crippen LogP contribution in [0.5, 0.6) is 0 Å². The van der Waals surface area contributed by atoms with Crippen LogP contribution in [0.25, 0.3) is 0 Å². The molecule has 1 unspecified atom stereocenters. The Labute approximate surface area is 100 Å². The lowest BCUT2D eigenvalue weighted by Gasteiger charge is -2.32. The Morgan fingerprint density at radius 2 is 1.69 bits per heavy atom. The third-order valence-corrected chi connectivity index (χ3v) is 4.41. The standard InChI is InChI=1S/C14H27NO/c16-12-6-10-14-9-5-11-15(14)13-7-3-1-2-4-8-13/h13-14,16H,1-12H2. The van der Waals surface area contributed by atoms with Gasteiger partial charge in [-0.05, 0) is 45.1 Å². The lowest BCUT2D eigenvalue weighted by atomic mass is 10.0. The quantitative estimate of drug-likeness (QED) is 0.744. The molecule has 0 amide bonds. The van der Waals surface area contributed by atoms with E-state index in [1.54, 1.807) is 0 Å². The Bertz CT molecular complexity index is 187. The first-order valence-electron chi connectivity index (χ1n) is 7.28. The van der Waals surface area contributed by atoms with Crippen LogP contribution < -0.4 is 0 Å². The van der Waals surface area contributed by atoms with E-state index in [1.165, 1.54) is 64.3 Å². The van der Waals surface area contributed by atoms with Crippen LogP contribution in [0.15, 0.2) is 0 Å². The molecule has 0 aromatic carbocycles. The fourth-order valence-corrected chi connectivity index (χ4v) is 3.57. The van der Waals surface area contributed by atoms with Gasteiger partial charge in [-0.2, -0.15) is 0 Å². The van der Waals surface area contributed by atoms with Crippen LogP contribution in [0.3, 0.4) is 0 Å². The van der Waals surface area contributed by atoms with Crippen molar-refractivity contribution in [3.8, 4) is 0 Å². The highest BCUT2D eigenvalue weighted by molar-refractivity contribution is 4.85. The van der Waals surface area contributed by atoms with E-state index >= 15 is 0 Å². The summed E-state index contributed by atoms with van der Waals surface area (Å²) in [4.78, 5) is 2.78. The molecule has 2 heteroatoms. The van der Waals surface area contributed by atoms with Gasteiger partial charge in [0.05, 0.1) is 0 Å². The Morgan fingerprint density at radius 3 is 2.38 bits per heavy atom. The molecular formula is C14H27NO. The van der Waals surface area contributed by atoms with Crippen LogP contribution in [0.4, 0.5) is 0 Å². The number of rotatable bonds is 4. The molecule has 1 atom stereocenters. The maximum atomic E-state index is 8.95. The summed E-state index contributed by atoms with van der Waals surface area (Å²) < 4.78 is 0. The van der Waals surface area contributed by atoms with Gasteiger partial charge in [-0.1, -0.05) is 25.7 Å². The molecule has 94 valence electrons. The second-order valence-corrected chi connectivity index (χ2v) is 5.55. The summed E-state index contributed by atoms with van der Waals surface area (Å²) in [6.07, 6.45) is 13.6. The van der Waals surface area contributed by atoms with Gasteiger partial charge in [0.1, 0.15) is 0 Å². The average molecular weight is 225 g/mol. The van der Waals surface area contributed by atoms with Crippen LogP contribution in [0.2, 0.25) is 0 Å². The summed E-state index contributed by atoms with van der Waals surface area (Å²) in [6, 6.07) is 1.66. The van der Waals surface area contributed by atoms with Gasteiger partial charge in [-0.15, -0.1) is 0 Å². The van der Waals surface area contributed by atoms with Crippen molar-refractivity contribution in [1.29, 1.82) is 0 Å². The first-order chi connectivity index (χ1) is 7.92. The molecule has 2 aliphatic rings. The van der Waals surface area contributed by atoms with Crippen molar-refractivity contribution in [2.24, 2.45) is 0 Å². The van der Waals surface area contributed by atoms with Gasteiger partial charge in [0, 0.05) is 18.7 Å². The maximum Gasteiger partial charge on any atom is 0.0431 e. The number of aliphatic hydroxyl groups excluding tert-OH is 1. The molecule has 1 aliphatic heterocycles. The molecule has 1 heterocycles. The fraction of sp³-hybridized carbons (Fsp3) is 1.00. The zero-order valence-electron chi connectivity index (χ0n) is 10.5. The van der Waals surface area contributed by atoms with E-state index in [2.05, 4.69) is 4.90 Å². The molecule has 1 saturated heterocycles. The third-order valence-electron chi connectivity index (χ3n) is 4.41. The van der Waals surface area contributed by atoms with E-state index in [9.17, 15) is 0 Å². The van der Waals surface area contributed by atoms with Gasteiger partial charge in [-0.3, -0.25) is 4.90 Å². The van der Waals surface area contributed by atoms with Crippen molar-refractivity contribution in [3.05, 3.63) is 0 Å². The molecule has 2 fully saturated rings. The monoisotopic (exact) mass is 225 g/mol. The molecule has 2 rings (SSSR count). The number of aliphatic hydroxyl groups is 1. The highest BCUT2D eigenvalue weighted by atomic mass is 16.2. The highest BCUT2D eigenvalue weighted by Crippen LogP contribution is 2.30. The lowest BCUT2D eigenvalue weighted by Crippen LogP contribution is -2.38. The Kier molecular flexibility index (Phi) is 5.11. The van der Waals surface area contributed by atoms with Crippen molar-refractivity contribution in [2.75, 3.05) is 13.2 Å².